The summed E-state index contributed by atoms with van der Waals surface area (Å²) in [5.41, 5.74) is 0.691. The van der Waals surface area contributed by atoms with Gasteiger partial charge in [0.1, 0.15) is 0 Å². The Morgan fingerprint density at radius 2 is 2.33 bits per heavy atom. The van der Waals surface area contributed by atoms with Gasteiger partial charge in [0.05, 0.1) is 0 Å². The zero-order valence-corrected chi connectivity index (χ0v) is 9.57. The minimum Gasteiger partial charge on any atom is -0.294 e. The van der Waals surface area contributed by atoms with Gasteiger partial charge in [0.2, 0.25) is 0 Å². The normalized spacial score (nSPS) is 10.6. The molecular formula is C11H15ClN2O. The second-order valence-electron chi connectivity index (χ2n) is 3.45. The Hall–Kier alpha value is -0.930. The summed E-state index contributed by atoms with van der Waals surface area (Å²) in [4.78, 5) is 15.5. The van der Waals surface area contributed by atoms with Crippen LogP contribution in [0.3, 0.4) is 0 Å². The molecule has 1 heterocycles. The highest BCUT2D eigenvalue weighted by Crippen LogP contribution is 2.06. The average Bonchev–Trinajstić information content (AvgIpc) is 2.25. The third kappa shape index (κ3) is 4.91. The van der Waals surface area contributed by atoms with E-state index in [0.717, 1.165) is 19.4 Å². The van der Waals surface area contributed by atoms with Crippen molar-refractivity contribution in [3.8, 4) is 0 Å². The summed E-state index contributed by atoms with van der Waals surface area (Å²) in [6, 6.07) is 3.57. The number of halogens is 1. The van der Waals surface area contributed by atoms with E-state index in [1.54, 1.807) is 28.9 Å². The first-order valence-electron chi connectivity index (χ1n) is 5.00. The lowest BCUT2D eigenvalue weighted by Crippen LogP contribution is -2.07. The minimum atomic E-state index is 0.153. The van der Waals surface area contributed by atoms with E-state index in [4.69, 9.17) is 11.8 Å². The van der Waals surface area contributed by atoms with Crippen LogP contribution in [0.5, 0.6) is 0 Å². The van der Waals surface area contributed by atoms with Crippen molar-refractivity contribution in [2.75, 3.05) is 13.6 Å². The quantitative estimate of drug-likeness (QED) is 0.425. The number of nitrogens with zero attached hydrogens (tertiary/aromatic N) is 2. The standard InChI is InChI=1S/C11H15ClN2O/c1-14(12)8-3-2-6-11(15)10-5-4-7-13-9-10/h4-5,7,9H,2-3,6,8H2,1H3. The summed E-state index contributed by atoms with van der Waals surface area (Å²) in [6.07, 6.45) is 5.64. The molecule has 0 aliphatic rings. The van der Waals surface area contributed by atoms with Crippen LogP contribution in [0, 0.1) is 0 Å². The molecule has 0 N–H and O–H groups in total. The lowest BCUT2D eigenvalue weighted by molar-refractivity contribution is 0.0978. The molecule has 0 atom stereocenters. The Labute approximate surface area is 95.2 Å². The molecule has 0 aliphatic carbocycles. The van der Waals surface area contributed by atoms with Crippen LogP contribution >= 0.6 is 11.8 Å². The number of aromatic nitrogens is 1. The molecule has 0 saturated heterocycles. The Kier molecular flexibility index (Phi) is 5.29. The summed E-state index contributed by atoms with van der Waals surface area (Å²) in [7, 11) is 1.81. The number of Topliss-reactive ketones (excluding diaryl/α,β-unsaturated/α-hetero) is 1. The van der Waals surface area contributed by atoms with E-state index in [1.807, 2.05) is 7.05 Å². The van der Waals surface area contributed by atoms with E-state index in [9.17, 15) is 4.79 Å². The van der Waals surface area contributed by atoms with Gasteiger partial charge in [0, 0.05) is 38.0 Å². The molecule has 15 heavy (non-hydrogen) atoms. The molecule has 0 spiro atoms. The number of rotatable bonds is 6. The van der Waals surface area contributed by atoms with Crippen LogP contribution in [0.2, 0.25) is 0 Å². The van der Waals surface area contributed by atoms with E-state index in [-0.39, 0.29) is 5.78 Å². The molecule has 3 nitrogen and oxygen atoms in total. The Morgan fingerprint density at radius 1 is 1.53 bits per heavy atom. The van der Waals surface area contributed by atoms with Crippen molar-refractivity contribution in [1.82, 2.24) is 9.40 Å². The Balaban J connectivity index is 2.25. The van der Waals surface area contributed by atoms with Crippen LogP contribution < -0.4 is 0 Å². The first-order chi connectivity index (χ1) is 7.20. The Morgan fingerprint density at radius 3 is 2.93 bits per heavy atom. The third-order valence-electron chi connectivity index (χ3n) is 2.10. The number of pyridine rings is 1. The fourth-order valence-corrected chi connectivity index (χ4v) is 1.41. The molecule has 82 valence electrons. The molecular weight excluding hydrogens is 212 g/mol. The molecule has 0 fully saturated rings. The van der Waals surface area contributed by atoms with Gasteiger partial charge in [-0.2, -0.15) is 0 Å². The highest BCUT2D eigenvalue weighted by molar-refractivity contribution is 6.13. The molecule has 0 amide bonds. The first kappa shape index (κ1) is 12.1. The van der Waals surface area contributed by atoms with E-state index in [1.165, 1.54) is 0 Å². The van der Waals surface area contributed by atoms with Crippen LogP contribution in [0.4, 0.5) is 0 Å². The van der Waals surface area contributed by atoms with Gasteiger partial charge in [-0.15, -0.1) is 0 Å². The molecule has 0 aromatic carbocycles. The molecule has 0 aliphatic heterocycles. The summed E-state index contributed by atoms with van der Waals surface area (Å²) >= 11 is 5.65. The van der Waals surface area contributed by atoms with Crippen molar-refractivity contribution in [2.45, 2.75) is 19.3 Å². The highest BCUT2D eigenvalue weighted by atomic mass is 35.5. The van der Waals surface area contributed by atoms with Crippen molar-refractivity contribution < 1.29 is 4.79 Å². The molecule has 1 rings (SSSR count). The van der Waals surface area contributed by atoms with E-state index in [2.05, 4.69) is 4.98 Å². The van der Waals surface area contributed by atoms with Crippen LogP contribution in [-0.4, -0.2) is 28.8 Å². The minimum absolute atomic E-state index is 0.153. The van der Waals surface area contributed by atoms with Crippen LogP contribution in [0.15, 0.2) is 24.5 Å². The van der Waals surface area contributed by atoms with Gasteiger partial charge in [0.15, 0.2) is 5.78 Å². The van der Waals surface area contributed by atoms with Crippen molar-refractivity contribution in [3.05, 3.63) is 30.1 Å². The SMILES string of the molecule is CN(Cl)CCCCC(=O)c1cccnc1. The zero-order valence-electron chi connectivity index (χ0n) is 8.82. The topological polar surface area (TPSA) is 33.2 Å². The number of carbonyl (C=O) groups excluding carboxylic acids is 1. The van der Waals surface area contributed by atoms with Gasteiger partial charge >= 0.3 is 0 Å². The van der Waals surface area contributed by atoms with Crippen LogP contribution in [0.25, 0.3) is 0 Å². The second-order valence-corrected chi connectivity index (χ2v) is 4.03. The van der Waals surface area contributed by atoms with Gasteiger partial charge in [-0.05, 0) is 36.8 Å². The Bertz CT molecular complexity index is 301. The van der Waals surface area contributed by atoms with Gasteiger partial charge in [0.25, 0.3) is 0 Å². The van der Waals surface area contributed by atoms with Crippen molar-refractivity contribution in [3.63, 3.8) is 0 Å². The maximum atomic E-state index is 11.6. The first-order valence-corrected chi connectivity index (χ1v) is 5.34. The molecule has 1 aromatic heterocycles. The van der Waals surface area contributed by atoms with E-state index in [0.29, 0.717) is 12.0 Å². The maximum absolute atomic E-state index is 11.6. The zero-order chi connectivity index (χ0) is 11.1. The second kappa shape index (κ2) is 6.53. The molecule has 0 unspecified atom stereocenters. The van der Waals surface area contributed by atoms with Crippen molar-refractivity contribution in [1.29, 1.82) is 0 Å². The smallest absolute Gasteiger partial charge is 0.164 e. The molecule has 0 bridgehead atoms. The highest BCUT2D eigenvalue weighted by Gasteiger charge is 2.04. The summed E-state index contributed by atoms with van der Waals surface area (Å²) in [5, 5.41) is 0. The fourth-order valence-electron chi connectivity index (χ4n) is 1.29. The lowest BCUT2D eigenvalue weighted by atomic mass is 10.1. The summed E-state index contributed by atoms with van der Waals surface area (Å²) in [6.45, 7) is 0.807. The summed E-state index contributed by atoms with van der Waals surface area (Å²) in [5.74, 6) is 0.153. The number of unbranched alkanes of at least 4 members (excludes halogenated alkanes) is 1. The third-order valence-corrected chi connectivity index (χ3v) is 2.27. The maximum Gasteiger partial charge on any atom is 0.164 e. The lowest BCUT2D eigenvalue weighted by Gasteiger charge is -2.05. The van der Waals surface area contributed by atoms with Gasteiger partial charge in [-0.3, -0.25) is 9.78 Å². The van der Waals surface area contributed by atoms with Crippen LogP contribution in [0.1, 0.15) is 29.6 Å². The van der Waals surface area contributed by atoms with Crippen molar-refractivity contribution >= 4 is 17.6 Å². The largest absolute Gasteiger partial charge is 0.294 e. The van der Waals surface area contributed by atoms with Gasteiger partial charge in [-0.1, -0.05) is 0 Å². The molecule has 0 saturated carbocycles. The number of hydrogen-bond acceptors (Lipinski definition) is 3. The van der Waals surface area contributed by atoms with Gasteiger partial charge in [-0.25, -0.2) is 4.42 Å². The summed E-state index contributed by atoms with van der Waals surface area (Å²) < 4.78 is 1.61. The molecule has 0 radical (unpaired) electrons. The van der Waals surface area contributed by atoms with Gasteiger partial charge < -0.3 is 0 Å². The molecule has 1 aromatic rings. The van der Waals surface area contributed by atoms with E-state index >= 15 is 0 Å². The molecule has 4 heteroatoms. The fraction of sp³-hybridized carbons (Fsp3) is 0.455. The monoisotopic (exact) mass is 226 g/mol. The average molecular weight is 227 g/mol. The van der Waals surface area contributed by atoms with Crippen molar-refractivity contribution in [2.24, 2.45) is 0 Å². The number of hydrogen-bond donors (Lipinski definition) is 0. The predicted molar refractivity (Wildman–Crippen MR) is 60.9 cm³/mol. The van der Waals surface area contributed by atoms with E-state index < -0.39 is 0 Å². The number of ketones is 1. The van der Waals surface area contributed by atoms with Crippen LogP contribution in [-0.2, 0) is 0 Å². The number of carbonyl (C=O) groups is 1. The predicted octanol–water partition coefficient (Wildman–Crippen LogP) is 2.52.